The second-order valence-corrected chi connectivity index (χ2v) is 11.0. The van der Waals surface area contributed by atoms with Gasteiger partial charge in [0.2, 0.25) is 0 Å². The van der Waals surface area contributed by atoms with Gasteiger partial charge >= 0.3 is 0 Å². The molecule has 0 saturated carbocycles. The number of para-hydroxylation sites is 3. The van der Waals surface area contributed by atoms with E-state index in [1.807, 2.05) is 6.26 Å². The van der Waals surface area contributed by atoms with E-state index in [0.29, 0.717) is 11.8 Å². The third-order valence-electron chi connectivity index (χ3n) is 6.81. The lowest BCUT2D eigenvalue weighted by Gasteiger charge is -2.22. The smallest absolute Gasteiger partial charge is 0.149 e. The lowest BCUT2D eigenvalue weighted by Crippen LogP contribution is -2.10. The van der Waals surface area contributed by atoms with Crippen LogP contribution in [-0.4, -0.2) is 9.55 Å². The third-order valence-corrected chi connectivity index (χ3v) is 6.81. The van der Waals surface area contributed by atoms with Gasteiger partial charge in [-0.15, -0.1) is 0 Å². The van der Waals surface area contributed by atoms with Crippen LogP contribution in [0.3, 0.4) is 0 Å². The van der Waals surface area contributed by atoms with Crippen molar-refractivity contribution >= 4 is 22.0 Å². The molecular weight excluding hydrogens is 416 g/mol. The quantitative estimate of drug-likeness (QED) is 0.273. The molecule has 2 heterocycles. The number of benzene rings is 3. The van der Waals surface area contributed by atoms with E-state index in [4.69, 9.17) is 9.40 Å². The highest BCUT2D eigenvalue weighted by molar-refractivity contribution is 5.96. The minimum atomic E-state index is 0.0661. The lowest BCUT2D eigenvalue weighted by molar-refractivity contribution is 0.583. The molecule has 0 aliphatic heterocycles. The maximum absolute atomic E-state index is 6.13. The summed E-state index contributed by atoms with van der Waals surface area (Å²) in [5, 5.41) is 1.10. The van der Waals surface area contributed by atoms with Crippen molar-refractivity contribution in [2.75, 3.05) is 0 Å². The van der Waals surface area contributed by atoms with Gasteiger partial charge in [-0.1, -0.05) is 90.9 Å². The predicted molar refractivity (Wildman–Crippen MR) is 143 cm³/mol. The molecule has 0 spiro atoms. The molecule has 0 amide bonds. The zero-order chi connectivity index (χ0) is 24.2. The molecule has 0 aliphatic carbocycles. The summed E-state index contributed by atoms with van der Waals surface area (Å²) in [4.78, 5) is 5.16. The lowest BCUT2D eigenvalue weighted by atomic mass is 9.86. The zero-order valence-electron chi connectivity index (χ0n) is 21.3. The van der Waals surface area contributed by atoms with Crippen molar-refractivity contribution < 1.29 is 4.42 Å². The molecule has 0 fully saturated rings. The Bertz CT molecular complexity index is 1470. The SMILES string of the molecule is CC(C)c1cccc(C(C)C)c1-n1c(-c2coc3cc(C(C)(C)C)ccc23)nc2ccccc21. The van der Waals surface area contributed by atoms with E-state index in [9.17, 15) is 0 Å². The molecule has 3 aromatic carbocycles. The molecule has 5 rings (SSSR count). The highest BCUT2D eigenvalue weighted by Crippen LogP contribution is 2.40. The van der Waals surface area contributed by atoms with Gasteiger partial charge in [0, 0.05) is 5.39 Å². The summed E-state index contributed by atoms with van der Waals surface area (Å²) in [7, 11) is 0. The minimum Gasteiger partial charge on any atom is -0.464 e. The maximum Gasteiger partial charge on any atom is 0.149 e. The van der Waals surface area contributed by atoms with Crippen molar-refractivity contribution in [2.45, 2.75) is 65.7 Å². The normalized spacial score (nSPS) is 12.5. The number of imidazole rings is 1. The number of fused-ring (bicyclic) bond motifs is 2. The molecule has 0 aliphatic rings. The Morgan fingerprint density at radius 1 is 0.824 bits per heavy atom. The van der Waals surface area contributed by atoms with Crippen LogP contribution >= 0.6 is 0 Å². The molecule has 3 nitrogen and oxygen atoms in total. The van der Waals surface area contributed by atoms with Gasteiger partial charge in [-0.25, -0.2) is 4.98 Å². The second-order valence-electron chi connectivity index (χ2n) is 11.0. The average Bonchev–Trinajstić information content (AvgIpc) is 3.38. The van der Waals surface area contributed by atoms with Crippen LogP contribution in [0.5, 0.6) is 0 Å². The Morgan fingerprint density at radius 3 is 2.15 bits per heavy atom. The van der Waals surface area contributed by atoms with Crippen molar-refractivity contribution in [3.63, 3.8) is 0 Å². The first-order chi connectivity index (χ1) is 16.2. The molecule has 0 atom stereocenters. The fourth-order valence-corrected chi connectivity index (χ4v) is 4.87. The first-order valence-electron chi connectivity index (χ1n) is 12.3. The zero-order valence-corrected chi connectivity index (χ0v) is 21.3. The highest BCUT2D eigenvalue weighted by Gasteiger charge is 2.24. The summed E-state index contributed by atoms with van der Waals surface area (Å²) < 4.78 is 8.49. The van der Waals surface area contributed by atoms with Crippen LogP contribution in [-0.2, 0) is 5.41 Å². The van der Waals surface area contributed by atoms with Crippen molar-refractivity contribution in [3.8, 4) is 17.1 Å². The summed E-state index contributed by atoms with van der Waals surface area (Å²) in [6.07, 6.45) is 1.88. The summed E-state index contributed by atoms with van der Waals surface area (Å²) in [5.41, 5.74) is 9.29. The van der Waals surface area contributed by atoms with E-state index in [1.54, 1.807) is 0 Å². The Balaban J connectivity index is 1.86. The van der Waals surface area contributed by atoms with Crippen molar-refractivity contribution in [2.24, 2.45) is 0 Å². The molecule has 0 unspecified atom stereocenters. The van der Waals surface area contributed by atoms with Gasteiger partial charge in [0.15, 0.2) is 0 Å². The predicted octanol–water partition coefficient (Wildman–Crippen LogP) is 8.98. The molecule has 3 heteroatoms. The van der Waals surface area contributed by atoms with Gasteiger partial charge in [0.05, 0.1) is 22.3 Å². The molecule has 2 aromatic heterocycles. The number of hydrogen-bond acceptors (Lipinski definition) is 2. The van der Waals surface area contributed by atoms with Gasteiger partial charge in [-0.2, -0.15) is 0 Å². The average molecular weight is 451 g/mol. The summed E-state index contributed by atoms with van der Waals surface area (Å²) in [6.45, 7) is 15.8. The van der Waals surface area contributed by atoms with Gasteiger partial charge in [-0.05, 0) is 52.1 Å². The monoisotopic (exact) mass is 450 g/mol. The molecule has 0 N–H and O–H groups in total. The van der Waals surface area contributed by atoms with E-state index in [2.05, 4.69) is 114 Å². The van der Waals surface area contributed by atoms with Crippen molar-refractivity contribution in [1.29, 1.82) is 0 Å². The molecule has 174 valence electrons. The Morgan fingerprint density at radius 2 is 1.50 bits per heavy atom. The van der Waals surface area contributed by atoms with Gasteiger partial charge in [0.25, 0.3) is 0 Å². The maximum atomic E-state index is 6.13. The minimum absolute atomic E-state index is 0.0661. The van der Waals surface area contributed by atoms with Gasteiger partial charge in [-0.3, -0.25) is 4.57 Å². The molecule has 0 saturated heterocycles. The van der Waals surface area contributed by atoms with Crippen LogP contribution in [0.15, 0.2) is 71.3 Å². The van der Waals surface area contributed by atoms with Gasteiger partial charge in [0.1, 0.15) is 17.7 Å². The molecule has 0 radical (unpaired) electrons. The van der Waals surface area contributed by atoms with E-state index in [0.717, 1.165) is 33.4 Å². The summed E-state index contributed by atoms with van der Waals surface area (Å²) in [5.74, 6) is 1.70. The Kier molecular flexibility index (Phi) is 5.39. The fraction of sp³-hybridized carbons (Fsp3) is 0.323. The van der Waals surface area contributed by atoms with Crippen molar-refractivity contribution in [3.05, 3.63) is 83.6 Å². The first-order valence-corrected chi connectivity index (χ1v) is 12.3. The van der Waals surface area contributed by atoms with Crippen LogP contribution < -0.4 is 0 Å². The number of aromatic nitrogens is 2. The highest BCUT2D eigenvalue weighted by atomic mass is 16.3. The Hall–Kier alpha value is -3.33. The topological polar surface area (TPSA) is 31.0 Å². The van der Waals surface area contributed by atoms with Crippen molar-refractivity contribution in [1.82, 2.24) is 9.55 Å². The Labute approximate surface area is 202 Å². The van der Waals surface area contributed by atoms with E-state index in [1.165, 1.54) is 22.4 Å². The standard InChI is InChI=1S/C31H34N2O/c1-19(2)22-11-10-12-23(20(3)4)29(22)33-27-14-9-8-13-26(27)32-30(33)25-18-34-28-17-21(31(5,6)7)15-16-24(25)28/h8-20H,1-7H3. The third kappa shape index (κ3) is 3.64. The van der Waals surface area contributed by atoms with E-state index in [-0.39, 0.29) is 5.41 Å². The number of hydrogen-bond donors (Lipinski definition) is 0. The molecule has 5 aromatic rings. The number of furan rings is 1. The molecule has 34 heavy (non-hydrogen) atoms. The van der Waals surface area contributed by atoms with Crippen LogP contribution in [0.25, 0.3) is 39.1 Å². The first kappa shape index (κ1) is 22.5. The number of rotatable bonds is 4. The van der Waals surface area contributed by atoms with Crippen LogP contribution in [0, 0.1) is 0 Å². The van der Waals surface area contributed by atoms with Crippen LogP contribution in [0.1, 0.15) is 77.0 Å². The summed E-state index contributed by atoms with van der Waals surface area (Å²) >= 11 is 0. The van der Waals surface area contributed by atoms with E-state index < -0.39 is 0 Å². The van der Waals surface area contributed by atoms with E-state index >= 15 is 0 Å². The largest absolute Gasteiger partial charge is 0.464 e. The van der Waals surface area contributed by atoms with Crippen LogP contribution in [0.4, 0.5) is 0 Å². The van der Waals surface area contributed by atoms with Crippen LogP contribution in [0.2, 0.25) is 0 Å². The fourth-order valence-electron chi connectivity index (χ4n) is 4.87. The molecule has 0 bridgehead atoms. The number of nitrogens with zero attached hydrogens (tertiary/aromatic N) is 2. The summed E-state index contributed by atoms with van der Waals surface area (Å²) in [6, 6.07) is 21.7. The second kappa shape index (κ2) is 8.16. The molecular formula is C31H34N2O. The van der Waals surface area contributed by atoms with Gasteiger partial charge < -0.3 is 4.42 Å².